The highest BCUT2D eigenvalue weighted by atomic mass is 16.2. The zero-order valence-corrected chi connectivity index (χ0v) is 19.3. The number of nitrogens with one attached hydrogen (secondary N) is 1. The predicted molar refractivity (Wildman–Crippen MR) is 121 cm³/mol. The average molecular weight is 437 g/mol. The maximum Gasteiger partial charge on any atom is 0.275 e. The zero-order chi connectivity index (χ0) is 22.4. The Morgan fingerprint density at radius 2 is 1.94 bits per heavy atom. The summed E-state index contributed by atoms with van der Waals surface area (Å²) < 4.78 is 0. The van der Waals surface area contributed by atoms with E-state index in [1.807, 2.05) is 16.7 Å². The number of fused-ring (bicyclic) bond motifs is 2. The standard InChI is InChI=1S/C24H32N6O2/c1-14(2)13-30-20(31)11-10-16-15(3)25-22(26-23(16)30)19-9-4-5-12-29(19)24(32)21-17-7-6-8-18(17)27-28-21/h14,19H,4-13H2,1-3H3,(H,27,28). The molecule has 0 bridgehead atoms. The number of rotatable bonds is 4. The number of aryl methyl sites for hydroxylation is 2. The van der Waals surface area contributed by atoms with E-state index in [-0.39, 0.29) is 17.9 Å². The third-order valence-corrected chi connectivity index (χ3v) is 6.97. The zero-order valence-electron chi connectivity index (χ0n) is 19.3. The van der Waals surface area contributed by atoms with Crippen LogP contribution in [-0.2, 0) is 24.1 Å². The van der Waals surface area contributed by atoms with Gasteiger partial charge < -0.3 is 4.90 Å². The SMILES string of the molecule is Cc1nc(C2CCCCN2C(=O)c2n[nH]c3c2CCC3)nc2c1CCC(=O)N2CC(C)C. The number of carbonyl (C=O) groups excluding carboxylic acids is 2. The van der Waals surface area contributed by atoms with Gasteiger partial charge in [-0.25, -0.2) is 9.97 Å². The number of hydrogen-bond donors (Lipinski definition) is 1. The minimum absolute atomic E-state index is 0.0248. The normalized spacial score (nSPS) is 20.6. The molecule has 1 atom stereocenters. The molecule has 0 aromatic carbocycles. The van der Waals surface area contributed by atoms with Crippen LogP contribution in [0.5, 0.6) is 0 Å². The minimum Gasteiger partial charge on any atom is -0.327 e. The van der Waals surface area contributed by atoms with E-state index in [0.717, 1.165) is 66.9 Å². The van der Waals surface area contributed by atoms with Gasteiger partial charge in [-0.2, -0.15) is 5.10 Å². The van der Waals surface area contributed by atoms with Gasteiger partial charge in [-0.05, 0) is 57.8 Å². The van der Waals surface area contributed by atoms with Gasteiger partial charge in [-0.1, -0.05) is 13.8 Å². The molecule has 2 aromatic rings. The largest absolute Gasteiger partial charge is 0.327 e. The molecule has 32 heavy (non-hydrogen) atoms. The number of hydrogen-bond acceptors (Lipinski definition) is 5. The number of anilines is 1. The number of H-pyrrole nitrogens is 1. The Hall–Kier alpha value is -2.77. The van der Waals surface area contributed by atoms with Crippen molar-refractivity contribution in [2.75, 3.05) is 18.0 Å². The fourth-order valence-electron chi connectivity index (χ4n) is 5.38. The van der Waals surface area contributed by atoms with Gasteiger partial charge in [0.15, 0.2) is 11.5 Å². The first-order valence-corrected chi connectivity index (χ1v) is 12.0. The lowest BCUT2D eigenvalue weighted by Gasteiger charge is -2.36. The molecule has 2 amide bonds. The molecule has 8 heteroatoms. The maximum absolute atomic E-state index is 13.6. The van der Waals surface area contributed by atoms with Crippen LogP contribution in [-0.4, -0.2) is 50.0 Å². The highest BCUT2D eigenvalue weighted by molar-refractivity contribution is 5.96. The fourth-order valence-corrected chi connectivity index (χ4v) is 5.38. The molecule has 0 saturated carbocycles. The summed E-state index contributed by atoms with van der Waals surface area (Å²) in [4.78, 5) is 39.8. The monoisotopic (exact) mass is 436 g/mol. The predicted octanol–water partition coefficient (Wildman–Crippen LogP) is 3.30. The van der Waals surface area contributed by atoms with Crippen LogP contribution in [0.25, 0.3) is 0 Å². The van der Waals surface area contributed by atoms with Crippen LogP contribution in [0, 0.1) is 12.8 Å². The van der Waals surface area contributed by atoms with Gasteiger partial charge in [-0.3, -0.25) is 19.6 Å². The van der Waals surface area contributed by atoms with Crippen molar-refractivity contribution in [3.05, 3.63) is 34.0 Å². The second-order valence-corrected chi connectivity index (χ2v) is 9.76. The average Bonchev–Trinajstić information content (AvgIpc) is 3.39. The number of aromatic amines is 1. The Morgan fingerprint density at radius 1 is 1.09 bits per heavy atom. The van der Waals surface area contributed by atoms with Crippen LogP contribution < -0.4 is 4.90 Å². The molecule has 1 aliphatic carbocycles. The topological polar surface area (TPSA) is 95.1 Å². The molecule has 170 valence electrons. The summed E-state index contributed by atoms with van der Waals surface area (Å²) in [7, 11) is 0. The second-order valence-electron chi connectivity index (χ2n) is 9.76. The van der Waals surface area contributed by atoms with Gasteiger partial charge in [0.1, 0.15) is 5.82 Å². The number of piperidine rings is 1. The molecule has 1 unspecified atom stereocenters. The molecule has 1 fully saturated rings. The van der Waals surface area contributed by atoms with Crippen molar-refractivity contribution < 1.29 is 9.59 Å². The molecule has 1 N–H and O–H groups in total. The summed E-state index contributed by atoms with van der Waals surface area (Å²) in [6.45, 7) is 7.55. The lowest BCUT2D eigenvalue weighted by molar-refractivity contribution is -0.119. The van der Waals surface area contributed by atoms with Crippen molar-refractivity contribution >= 4 is 17.6 Å². The Kier molecular flexibility index (Phi) is 5.47. The molecule has 3 aliphatic rings. The van der Waals surface area contributed by atoms with Crippen molar-refractivity contribution in [3.8, 4) is 0 Å². The minimum atomic E-state index is -0.188. The Balaban J connectivity index is 1.51. The lowest BCUT2D eigenvalue weighted by atomic mass is 9.98. The Labute approximate surface area is 188 Å². The highest BCUT2D eigenvalue weighted by Crippen LogP contribution is 2.35. The number of nitrogens with zero attached hydrogens (tertiary/aromatic N) is 5. The van der Waals surface area contributed by atoms with Crippen molar-refractivity contribution in [1.29, 1.82) is 0 Å². The number of amides is 2. The molecular formula is C24H32N6O2. The molecule has 0 spiro atoms. The van der Waals surface area contributed by atoms with E-state index in [0.29, 0.717) is 43.4 Å². The van der Waals surface area contributed by atoms with Gasteiger partial charge in [0.25, 0.3) is 5.91 Å². The first kappa shape index (κ1) is 21.1. The molecule has 5 rings (SSSR count). The summed E-state index contributed by atoms with van der Waals surface area (Å²) in [6, 6.07) is -0.188. The van der Waals surface area contributed by atoms with Crippen LogP contribution in [0.1, 0.15) is 90.8 Å². The summed E-state index contributed by atoms with van der Waals surface area (Å²) in [5.74, 6) is 1.85. The van der Waals surface area contributed by atoms with E-state index in [9.17, 15) is 9.59 Å². The number of aromatic nitrogens is 4. The molecule has 4 heterocycles. The second kappa shape index (κ2) is 8.30. The van der Waals surface area contributed by atoms with Gasteiger partial charge in [0.05, 0.1) is 6.04 Å². The van der Waals surface area contributed by atoms with E-state index in [4.69, 9.17) is 9.97 Å². The van der Waals surface area contributed by atoms with Crippen LogP contribution in [0.2, 0.25) is 0 Å². The first-order valence-electron chi connectivity index (χ1n) is 12.0. The molecule has 2 aliphatic heterocycles. The molecule has 8 nitrogen and oxygen atoms in total. The molecule has 1 saturated heterocycles. The van der Waals surface area contributed by atoms with E-state index < -0.39 is 0 Å². The van der Waals surface area contributed by atoms with E-state index >= 15 is 0 Å². The smallest absolute Gasteiger partial charge is 0.275 e. The van der Waals surface area contributed by atoms with Crippen LogP contribution >= 0.6 is 0 Å². The molecule has 0 radical (unpaired) electrons. The van der Waals surface area contributed by atoms with E-state index in [1.54, 1.807) is 0 Å². The highest BCUT2D eigenvalue weighted by Gasteiger charge is 2.36. The lowest BCUT2D eigenvalue weighted by Crippen LogP contribution is -2.42. The van der Waals surface area contributed by atoms with Crippen LogP contribution in [0.3, 0.4) is 0 Å². The third kappa shape index (κ3) is 3.59. The van der Waals surface area contributed by atoms with Crippen molar-refractivity contribution in [2.45, 2.75) is 78.2 Å². The Morgan fingerprint density at radius 3 is 2.75 bits per heavy atom. The van der Waals surface area contributed by atoms with Crippen molar-refractivity contribution in [1.82, 2.24) is 25.1 Å². The fraction of sp³-hybridized carbons (Fsp3) is 0.625. The van der Waals surface area contributed by atoms with Crippen molar-refractivity contribution in [3.63, 3.8) is 0 Å². The number of carbonyl (C=O) groups is 2. The van der Waals surface area contributed by atoms with E-state index in [2.05, 4.69) is 24.0 Å². The van der Waals surface area contributed by atoms with Gasteiger partial charge in [0, 0.05) is 42.0 Å². The number of likely N-dealkylation sites (tertiary alicyclic amines) is 1. The first-order chi connectivity index (χ1) is 15.4. The summed E-state index contributed by atoms with van der Waals surface area (Å²) in [5, 5.41) is 7.44. The molecular weight excluding hydrogens is 404 g/mol. The summed E-state index contributed by atoms with van der Waals surface area (Å²) >= 11 is 0. The van der Waals surface area contributed by atoms with Gasteiger partial charge in [-0.15, -0.1) is 0 Å². The van der Waals surface area contributed by atoms with Gasteiger partial charge in [0.2, 0.25) is 5.91 Å². The third-order valence-electron chi connectivity index (χ3n) is 6.97. The molecule has 2 aromatic heterocycles. The van der Waals surface area contributed by atoms with Crippen LogP contribution in [0.4, 0.5) is 5.82 Å². The van der Waals surface area contributed by atoms with Crippen molar-refractivity contribution in [2.24, 2.45) is 5.92 Å². The quantitative estimate of drug-likeness (QED) is 0.793. The van der Waals surface area contributed by atoms with E-state index in [1.165, 1.54) is 0 Å². The Bertz CT molecular complexity index is 1060. The summed E-state index contributed by atoms with van der Waals surface area (Å²) in [5.41, 5.74) is 4.73. The van der Waals surface area contributed by atoms with Crippen LogP contribution in [0.15, 0.2) is 0 Å². The van der Waals surface area contributed by atoms with Gasteiger partial charge >= 0.3 is 0 Å². The maximum atomic E-state index is 13.6. The summed E-state index contributed by atoms with van der Waals surface area (Å²) in [6.07, 6.45) is 6.95.